The van der Waals surface area contributed by atoms with E-state index in [0.29, 0.717) is 11.3 Å². The number of hydrogen-bond acceptors (Lipinski definition) is 2. The highest BCUT2D eigenvalue weighted by Gasteiger charge is 2.26. The lowest BCUT2D eigenvalue weighted by atomic mass is 10.1. The summed E-state index contributed by atoms with van der Waals surface area (Å²) < 4.78 is 36.1. The smallest absolute Gasteiger partial charge is 0.384 e. The summed E-state index contributed by atoms with van der Waals surface area (Å²) in [6.07, 6.45) is -4.26. The zero-order valence-electron chi connectivity index (χ0n) is 12.3. The van der Waals surface area contributed by atoms with E-state index in [0.717, 1.165) is 18.5 Å². The second-order valence-electron chi connectivity index (χ2n) is 4.95. The van der Waals surface area contributed by atoms with Gasteiger partial charge in [0.05, 0.1) is 5.56 Å². The first-order valence-electron chi connectivity index (χ1n) is 7.03. The SMILES string of the molecule is CCCNc1ccc(C)cc1C(=O)NCCCC(F)(F)F. The van der Waals surface area contributed by atoms with Gasteiger partial charge in [0.15, 0.2) is 0 Å². The van der Waals surface area contributed by atoms with Gasteiger partial charge in [-0.3, -0.25) is 4.79 Å². The van der Waals surface area contributed by atoms with Crippen LogP contribution >= 0.6 is 0 Å². The fourth-order valence-electron chi connectivity index (χ4n) is 1.85. The van der Waals surface area contributed by atoms with Crippen molar-refractivity contribution >= 4 is 11.6 Å². The number of carbonyl (C=O) groups excluding carboxylic acids is 1. The lowest BCUT2D eigenvalue weighted by Crippen LogP contribution is -2.26. The van der Waals surface area contributed by atoms with Crippen molar-refractivity contribution in [2.75, 3.05) is 18.4 Å². The summed E-state index contributed by atoms with van der Waals surface area (Å²) in [6.45, 7) is 4.62. The summed E-state index contributed by atoms with van der Waals surface area (Å²) in [6, 6.07) is 5.44. The zero-order chi connectivity index (χ0) is 15.9. The molecule has 0 heterocycles. The minimum absolute atomic E-state index is 0.0134. The van der Waals surface area contributed by atoms with Crippen molar-refractivity contribution < 1.29 is 18.0 Å². The molecule has 0 fully saturated rings. The standard InChI is InChI=1S/C15H21F3N2O/c1-3-8-19-13-6-5-11(2)10-12(13)14(21)20-9-4-7-15(16,17)18/h5-6,10,19H,3-4,7-9H2,1-2H3,(H,20,21). The molecule has 0 saturated heterocycles. The topological polar surface area (TPSA) is 41.1 Å². The number of benzene rings is 1. The van der Waals surface area contributed by atoms with Crippen LogP contribution in [0.15, 0.2) is 18.2 Å². The molecule has 0 atom stereocenters. The second kappa shape index (κ2) is 7.90. The van der Waals surface area contributed by atoms with E-state index in [-0.39, 0.29) is 18.9 Å². The molecule has 3 nitrogen and oxygen atoms in total. The lowest BCUT2D eigenvalue weighted by molar-refractivity contribution is -0.135. The van der Waals surface area contributed by atoms with Crippen molar-refractivity contribution in [3.05, 3.63) is 29.3 Å². The Kier molecular flexibility index (Phi) is 6.52. The molecule has 1 amide bonds. The number of amides is 1. The van der Waals surface area contributed by atoms with Crippen LogP contribution in [0.2, 0.25) is 0 Å². The molecule has 0 unspecified atom stereocenters. The molecule has 21 heavy (non-hydrogen) atoms. The van der Waals surface area contributed by atoms with Crippen LogP contribution in [0.5, 0.6) is 0 Å². The maximum Gasteiger partial charge on any atom is 0.389 e. The quantitative estimate of drug-likeness (QED) is 0.750. The first-order valence-corrected chi connectivity index (χ1v) is 7.03. The van der Waals surface area contributed by atoms with Gasteiger partial charge in [-0.1, -0.05) is 18.6 Å². The van der Waals surface area contributed by atoms with Crippen LogP contribution in [0.1, 0.15) is 42.1 Å². The van der Waals surface area contributed by atoms with Gasteiger partial charge in [-0.25, -0.2) is 0 Å². The highest BCUT2D eigenvalue weighted by Crippen LogP contribution is 2.21. The van der Waals surface area contributed by atoms with E-state index >= 15 is 0 Å². The maximum absolute atomic E-state index is 12.1. The monoisotopic (exact) mass is 302 g/mol. The number of halogens is 3. The van der Waals surface area contributed by atoms with Crippen molar-refractivity contribution in [1.29, 1.82) is 0 Å². The predicted octanol–water partition coefficient (Wildman–Crippen LogP) is 3.89. The van der Waals surface area contributed by atoms with Crippen LogP contribution in [0.25, 0.3) is 0 Å². The molecule has 118 valence electrons. The number of rotatable bonds is 7. The number of aryl methyl sites for hydroxylation is 1. The minimum Gasteiger partial charge on any atom is -0.384 e. The molecule has 0 bridgehead atoms. The molecule has 6 heteroatoms. The highest BCUT2D eigenvalue weighted by molar-refractivity contribution is 5.99. The van der Waals surface area contributed by atoms with Crippen LogP contribution in [-0.4, -0.2) is 25.2 Å². The lowest BCUT2D eigenvalue weighted by Gasteiger charge is -2.13. The van der Waals surface area contributed by atoms with E-state index in [1.807, 2.05) is 26.0 Å². The number of alkyl halides is 3. The highest BCUT2D eigenvalue weighted by atomic mass is 19.4. The van der Waals surface area contributed by atoms with E-state index in [1.54, 1.807) is 6.07 Å². The molecule has 0 aromatic heterocycles. The summed E-state index contributed by atoms with van der Waals surface area (Å²) in [5, 5.41) is 5.68. The Bertz CT molecular complexity index is 472. The van der Waals surface area contributed by atoms with Crippen LogP contribution in [0.3, 0.4) is 0 Å². The number of nitrogens with one attached hydrogen (secondary N) is 2. The van der Waals surface area contributed by atoms with E-state index in [4.69, 9.17) is 0 Å². The molecule has 2 N–H and O–H groups in total. The molecule has 0 radical (unpaired) electrons. The van der Waals surface area contributed by atoms with Crippen molar-refractivity contribution in [2.24, 2.45) is 0 Å². The van der Waals surface area contributed by atoms with Gasteiger partial charge in [0.2, 0.25) is 0 Å². The summed E-state index contributed by atoms with van der Waals surface area (Å²) in [5.41, 5.74) is 2.10. The third-order valence-corrected chi connectivity index (χ3v) is 2.91. The molecule has 0 aliphatic carbocycles. The molecular weight excluding hydrogens is 281 g/mol. The Labute approximate surface area is 122 Å². The molecular formula is C15H21F3N2O. The van der Waals surface area contributed by atoms with Crippen LogP contribution in [0.4, 0.5) is 18.9 Å². The number of hydrogen-bond donors (Lipinski definition) is 2. The fraction of sp³-hybridized carbons (Fsp3) is 0.533. The Hall–Kier alpha value is -1.72. The van der Waals surface area contributed by atoms with E-state index < -0.39 is 12.6 Å². The summed E-state index contributed by atoms with van der Waals surface area (Å²) >= 11 is 0. The molecule has 0 spiro atoms. The van der Waals surface area contributed by atoms with Gasteiger partial charge < -0.3 is 10.6 Å². The van der Waals surface area contributed by atoms with Crippen molar-refractivity contribution in [3.63, 3.8) is 0 Å². The average molecular weight is 302 g/mol. The fourth-order valence-corrected chi connectivity index (χ4v) is 1.85. The van der Waals surface area contributed by atoms with Crippen molar-refractivity contribution in [3.8, 4) is 0 Å². The van der Waals surface area contributed by atoms with Gasteiger partial charge in [0.1, 0.15) is 0 Å². The van der Waals surface area contributed by atoms with Crippen LogP contribution < -0.4 is 10.6 Å². The maximum atomic E-state index is 12.1. The molecule has 0 aliphatic rings. The summed E-state index contributed by atoms with van der Waals surface area (Å²) in [5.74, 6) is -0.348. The summed E-state index contributed by atoms with van der Waals surface area (Å²) in [7, 11) is 0. The zero-order valence-corrected chi connectivity index (χ0v) is 12.3. The molecule has 0 aliphatic heterocycles. The van der Waals surface area contributed by atoms with Gasteiger partial charge in [0, 0.05) is 25.2 Å². The van der Waals surface area contributed by atoms with Crippen molar-refractivity contribution in [2.45, 2.75) is 39.3 Å². The van der Waals surface area contributed by atoms with E-state index in [2.05, 4.69) is 10.6 Å². The van der Waals surface area contributed by atoms with Gasteiger partial charge in [-0.05, 0) is 31.9 Å². The first-order chi connectivity index (χ1) is 9.83. The first kappa shape index (κ1) is 17.3. The number of anilines is 1. The molecule has 1 aromatic rings. The van der Waals surface area contributed by atoms with Gasteiger partial charge >= 0.3 is 6.18 Å². The Morgan fingerprint density at radius 1 is 1.24 bits per heavy atom. The van der Waals surface area contributed by atoms with Gasteiger partial charge in [-0.15, -0.1) is 0 Å². The van der Waals surface area contributed by atoms with Crippen LogP contribution in [-0.2, 0) is 0 Å². The normalized spacial score (nSPS) is 11.3. The Morgan fingerprint density at radius 2 is 1.95 bits per heavy atom. The van der Waals surface area contributed by atoms with Gasteiger partial charge in [-0.2, -0.15) is 13.2 Å². The predicted molar refractivity (Wildman–Crippen MR) is 77.6 cm³/mol. The van der Waals surface area contributed by atoms with Gasteiger partial charge in [0.25, 0.3) is 5.91 Å². The number of carbonyl (C=O) groups is 1. The third-order valence-electron chi connectivity index (χ3n) is 2.91. The molecule has 1 aromatic carbocycles. The summed E-state index contributed by atoms with van der Waals surface area (Å²) in [4.78, 5) is 12.1. The molecule has 0 saturated carbocycles. The Morgan fingerprint density at radius 3 is 2.57 bits per heavy atom. The minimum atomic E-state index is -4.18. The van der Waals surface area contributed by atoms with Crippen molar-refractivity contribution in [1.82, 2.24) is 5.32 Å². The third kappa shape index (κ3) is 6.51. The van der Waals surface area contributed by atoms with E-state index in [9.17, 15) is 18.0 Å². The average Bonchev–Trinajstić information content (AvgIpc) is 2.41. The largest absolute Gasteiger partial charge is 0.389 e. The van der Waals surface area contributed by atoms with E-state index in [1.165, 1.54) is 0 Å². The molecule has 1 rings (SSSR count). The second-order valence-corrected chi connectivity index (χ2v) is 4.95. The van der Waals surface area contributed by atoms with Crippen LogP contribution in [0, 0.1) is 6.92 Å². The Balaban J connectivity index is 2.61.